The molecule has 1 heterocycles. The van der Waals surface area contributed by atoms with Crippen molar-refractivity contribution in [1.82, 2.24) is 10.2 Å². The van der Waals surface area contributed by atoms with Gasteiger partial charge in [0.25, 0.3) is 0 Å². The van der Waals surface area contributed by atoms with E-state index in [0.717, 1.165) is 10.0 Å². The molecular formula is C15H21BrN2O3S. The molecule has 5 nitrogen and oxygen atoms in total. The molecule has 7 heteroatoms. The molecular weight excluding hydrogens is 368 g/mol. The van der Waals surface area contributed by atoms with E-state index >= 15 is 0 Å². The van der Waals surface area contributed by atoms with Gasteiger partial charge in [0.1, 0.15) is 0 Å². The summed E-state index contributed by atoms with van der Waals surface area (Å²) in [6, 6.07) is 7.63. The summed E-state index contributed by atoms with van der Waals surface area (Å²) in [7, 11) is -1.81. The van der Waals surface area contributed by atoms with Gasteiger partial charge in [-0.15, -0.1) is 0 Å². The number of rotatable bonds is 4. The normalized spacial score (nSPS) is 18.0. The van der Waals surface area contributed by atoms with E-state index in [2.05, 4.69) is 21.2 Å². The minimum absolute atomic E-state index is 0.313. The Kier molecular flexibility index (Phi) is 5.29. The summed E-state index contributed by atoms with van der Waals surface area (Å²) in [6.45, 7) is 1.47. The summed E-state index contributed by atoms with van der Waals surface area (Å²) in [6.07, 6.45) is 1.82. The van der Waals surface area contributed by atoms with Gasteiger partial charge in [0.15, 0.2) is 14.6 Å². The number of sulfone groups is 1. The minimum atomic E-state index is -3.48. The lowest BCUT2D eigenvalue weighted by atomic mass is 9.95. The molecule has 0 saturated carbocycles. The minimum Gasteiger partial charge on any atom is -0.340 e. The SMILES string of the molecule is CN(Cc1ccccc1Br)C(=O)C1(S(C)(=O)=O)CCNCC1. The highest BCUT2D eigenvalue weighted by atomic mass is 79.9. The van der Waals surface area contributed by atoms with Crippen LogP contribution >= 0.6 is 15.9 Å². The largest absolute Gasteiger partial charge is 0.340 e. The third-order valence-corrected chi connectivity index (χ3v) is 7.00. The molecule has 122 valence electrons. The van der Waals surface area contributed by atoms with Crippen LogP contribution in [0.15, 0.2) is 28.7 Å². The predicted octanol–water partition coefficient (Wildman–Crippen LogP) is 1.57. The fourth-order valence-corrected chi connectivity index (χ4v) is 4.70. The van der Waals surface area contributed by atoms with E-state index in [9.17, 15) is 13.2 Å². The van der Waals surface area contributed by atoms with E-state index in [1.54, 1.807) is 7.05 Å². The van der Waals surface area contributed by atoms with Crippen LogP contribution in [0.2, 0.25) is 0 Å². The Morgan fingerprint density at radius 1 is 1.32 bits per heavy atom. The van der Waals surface area contributed by atoms with Crippen LogP contribution in [-0.4, -0.2) is 50.4 Å². The second-order valence-electron chi connectivity index (χ2n) is 5.77. The highest BCUT2D eigenvalue weighted by molar-refractivity contribution is 9.10. The Balaban J connectivity index is 2.26. The lowest BCUT2D eigenvalue weighted by molar-refractivity contribution is -0.134. The van der Waals surface area contributed by atoms with Gasteiger partial charge in [0, 0.05) is 24.3 Å². The molecule has 1 aromatic rings. The molecule has 1 saturated heterocycles. The first-order valence-electron chi connectivity index (χ1n) is 7.17. The van der Waals surface area contributed by atoms with Crippen LogP contribution in [0.3, 0.4) is 0 Å². The van der Waals surface area contributed by atoms with Crippen LogP contribution in [0.25, 0.3) is 0 Å². The van der Waals surface area contributed by atoms with Crippen LogP contribution in [0.5, 0.6) is 0 Å². The van der Waals surface area contributed by atoms with Crippen molar-refractivity contribution in [2.45, 2.75) is 24.1 Å². The Hall–Kier alpha value is -0.920. The van der Waals surface area contributed by atoms with E-state index in [0.29, 0.717) is 32.5 Å². The van der Waals surface area contributed by atoms with E-state index in [4.69, 9.17) is 0 Å². The van der Waals surface area contributed by atoms with Crippen LogP contribution in [-0.2, 0) is 21.2 Å². The number of carbonyl (C=O) groups is 1. The van der Waals surface area contributed by atoms with Crippen molar-refractivity contribution in [3.63, 3.8) is 0 Å². The number of carbonyl (C=O) groups excluding carboxylic acids is 1. The number of nitrogens with one attached hydrogen (secondary N) is 1. The highest BCUT2D eigenvalue weighted by Gasteiger charge is 2.49. The van der Waals surface area contributed by atoms with E-state index in [1.807, 2.05) is 24.3 Å². The number of halogens is 1. The maximum Gasteiger partial charge on any atom is 0.244 e. The van der Waals surface area contributed by atoms with Crippen LogP contribution in [0, 0.1) is 0 Å². The van der Waals surface area contributed by atoms with Crippen molar-refractivity contribution in [3.05, 3.63) is 34.3 Å². The summed E-state index contributed by atoms with van der Waals surface area (Å²) in [5, 5.41) is 3.12. The monoisotopic (exact) mass is 388 g/mol. The molecule has 2 rings (SSSR count). The summed E-state index contributed by atoms with van der Waals surface area (Å²) < 4.78 is 24.2. The van der Waals surface area contributed by atoms with Crippen molar-refractivity contribution in [3.8, 4) is 0 Å². The molecule has 1 fully saturated rings. The first-order valence-corrected chi connectivity index (χ1v) is 9.86. The van der Waals surface area contributed by atoms with Crippen LogP contribution in [0.4, 0.5) is 0 Å². The van der Waals surface area contributed by atoms with Crippen LogP contribution in [0.1, 0.15) is 18.4 Å². The molecule has 1 N–H and O–H groups in total. The average Bonchev–Trinajstić information content (AvgIpc) is 2.48. The fraction of sp³-hybridized carbons (Fsp3) is 0.533. The lowest BCUT2D eigenvalue weighted by Gasteiger charge is -2.37. The third-order valence-electron chi connectivity index (χ3n) is 4.22. The predicted molar refractivity (Wildman–Crippen MR) is 90.3 cm³/mol. The van der Waals surface area contributed by atoms with Crippen molar-refractivity contribution in [2.75, 3.05) is 26.4 Å². The zero-order chi connectivity index (χ0) is 16.4. The summed E-state index contributed by atoms with van der Waals surface area (Å²) in [5.41, 5.74) is 0.955. The third kappa shape index (κ3) is 3.36. The highest BCUT2D eigenvalue weighted by Crippen LogP contribution is 2.30. The summed E-state index contributed by atoms with van der Waals surface area (Å²) in [5.74, 6) is -0.313. The smallest absolute Gasteiger partial charge is 0.244 e. The summed E-state index contributed by atoms with van der Waals surface area (Å²) in [4.78, 5) is 14.4. The van der Waals surface area contributed by atoms with Gasteiger partial charge < -0.3 is 10.2 Å². The number of nitrogens with zero attached hydrogens (tertiary/aromatic N) is 1. The van der Waals surface area contributed by atoms with E-state index in [-0.39, 0.29) is 5.91 Å². The molecule has 22 heavy (non-hydrogen) atoms. The van der Waals surface area contributed by atoms with Gasteiger partial charge in [-0.2, -0.15) is 0 Å². The standard InChI is InChI=1S/C15H21BrN2O3S/c1-18(11-12-5-3-4-6-13(12)16)14(19)15(22(2,20)21)7-9-17-10-8-15/h3-6,17H,7-11H2,1-2H3. The van der Waals surface area contributed by atoms with Gasteiger partial charge >= 0.3 is 0 Å². The number of hydrogen-bond donors (Lipinski definition) is 1. The summed E-state index contributed by atoms with van der Waals surface area (Å²) >= 11 is 3.46. The van der Waals surface area contributed by atoms with Gasteiger partial charge in [0.05, 0.1) is 0 Å². The van der Waals surface area contributed by atoms with Gasteiger partial charge in [-0.25, -0.2) is 8.42 Å². The van der Waals surface area contributed by atoms with Crippen LogP contribution < -0.4 is 5.32 Å². The number of hydrogen-bond acceptors (Lipinski definition) is 4. The average molecular weight is 389 g/mol. The quantitative estimate of drug-likeness (QED) is 0.849. The van der Waals surface area contributed by atoms with Gasteiger partial charge in [0.2, 0.25) is 5.91 Å². The zero-order valence-electron chi connectivity index (χ0n) is 12.8. The number of amides is 1. The van der Waals surface area contributed by atoms with Crippen molar-refractivity contribution in [1.29, 1.82) is 0 Å². The van der Waals surface area contributed by atoms with Crippen molar-refractivity contribution in [2.24, 2.45) is 0 Å². The van der Waals surface area contributed by atoms with Gasteiger partial charge in [-0.05, 0) is 37.6 Å². The maximum absolute atomic E-state index is 12.9. The first-order chi connectivity index (χ1) is 10.3. The van der Waals surface area contributed by atoms with Crippen molar-refractivity contribution >= 4 is 31.7 Å². The molecule has 1 amide bonds. The Labute approximate surface area is 140 Å². The lowest BCUT2D eigenvalue weighted by Crippen LogP contribution is -2.57. The molecule has 0 spiro atoms. The second-order valence-corrected chi connectivity index (χ2v) is 8.95. The molecule has 0 unspecified atom stereocenters. The van der Waals surface area contributed by atoms with Crippen molar-refractivity contribution < 1.29 is 13.2 Å². The van der Waals surface area contributed by atoms with Gasteiger partial charge in [-0.1, -0.05) is 34.1 Å². The Bertz CT molecular complexity index is 655. The van der Waals surface area contributed by atoms with E-state index in [1.165, 1.54) is 11.2 Å². The molecule has 0 radical (unpaired) electrons. The van der Waals surface area contributed by atoms with E-state index < -0.39 is 14.6 Å². The number of benzene rings is 1. The molecule has 1 aliphatic rings. The fourth-order valence-electron chi connectivity index (χ4n) is 2.88. The Morgan fingerprint density at radius 3 is 2.45 bits per heavy atom. The molecule has 0 aromatic heterocycles. The molecule has 0 aliphatic carbocycles. The Morgan fingerprint density at radius 2 is 1.91 bits per heavy atom. The topological polar surface area (TPSA) is 66.5 Å². The van der Waals surface area contributed by atoms with Gasteiger partial charge in [-0.3, -0.25) is 4.79 Å². The first kappa shape index (κ1) is 17.4. The molecule has 1 aromatic carbocycles. The molecule has 1 aliphatic heterocycles. The second kappa shape index (κ2) is 6.68. The maximum atomic E-state index is 12.9. The zero-order valence-corrected chi connectivity index (χ0v) is 15.2. The number of piperidine rings is 1. The molecule has 0 atom stereocenters. The molecule has 0 bridgehead atoms.